The largest absolute Gasteiger partial charge is 0.130 e. The number of halogens is 3. The van der Waals surface area contributed by atoms with Gasteiger partial charge in [-0.3, -0.25) is 0 Å². The fraction of sp³-hybridized carbons (Fsp3) is 0.0769. The number of thioether (sulfide) groups is 1. The Balaban J connectivity index is 2.63. The van der Waals surface area contributed by atoms with Crippen LogP contribution in [0.3, 0.4) is 0 Å². The maximum atomic E-state index is 6.21. The summed E-state index contributed by atoms with van der Waals surface area (Å²) >= 11 is 20.1. The van der Waals surface area contributed by atoms with E-state index in [0.717, 1.165) is 16.0 Å². The predicted molar refractivity (Wildman–Crippen MR) is 78.7 cm³/mol. The Morgan fingerprint density at radius 1 is 0.941 bits per heavy atom. The van der Waals surface area contributed by atoms with Crippen LogP contribution in [0.15, 0.2) is 41.3 Å². The van der Waals surface area contributed by atoms with E-state index in [-0.39, 0.29) is 0 Å². The number of benzene rings is 2. The van der Waals surface area contributed by atoms with Crippen LogP contribution in [0.5, 0.6) is 0 Å². The first-order valence-corrected chi connectivity index (χ1v) is 7.27. The van der Waals surface area contributed by atoms with Crippen molar-refractivity contribution in [2.24, 2.45) is 0 Å². The van der Waals surface area contributed by atoms with E-state index >= 15 is 0 Å². The van der Waals surface area contributed by atoms with Crippen molar-refractivity contribution in [2.45, 2.75) is 4.90 Å². The van der Waals surface area contributed by atoms with Gasteiger partial charge in [0.05, 0.1) is 10.0 Å². The van der Waals surface area contributed by atoms with Crippen molar-refractivity contribution in [3.05, 3.63) is 51.5 Å². The smallest absolute Gasteiger partial charge is 0.0685 e. The quantitative estimate of drug-likeness (QED) is 0.482. The molecule has 0 N–H and O–H groups in total. The molecule has 0 nitrogen and oxygen atoms in total. The lowest BCUT2D eigenvalue weighted by Crippen LogP contribution is -1.83. The molecule has 0 atom stereocenters. The average molecular weight is 304 g/mol. The highest BCUT2D eigenvalue weighted by Gasteiger charge is 2.11. The fourth-order valence-corrected chi connectivity index (χ4v) is 2.78. The van der Waals surface area contributed by atoms with Gasteiger partial charge >= 0.3 is 0 Å². The third-order valence-electron chi connectivity index (χ3n) is 2.40. The van der Waals surface area contributed by atoms with Gasteiger partial charge in [0.2, 0.25) is 0 Å². The van der Waals surface area contributed by atoms with Crippen molar-refractivity contribution in [3.8, 4) is 11.1 Å². The second-order valence-corrected chi connectivity index (χ2v) is 5.52. The Hall–Kier alpha value is -0.340. The lowest BCUT2D eigenvalue weighted by atomic mass is 10.1. The molecule has 0 amide bonds. The van der Waals surface area contributed by atoms with Gasteiger partial charge in [0.25, 0.3) is 0 Å². The molecule has 0 aliphatic heterocycles. The second kappa shape index (κ2) is 5.53. The van der Waals surface area contributed by atoms with E-state index < -0.39 is 0 Å². The van der Waals surface area contributed by atoms with Crippen molar-refractivity contribution in [1.29, 1.82) is 0 Å². The summed E-state index contributed by atoms with van der Waals surface area (Å²) in [6.07, 6.45) is 2.03. The van der Waals surface area contributed by atoms with Crippen molar-refractivity contribution < 1.29 is 0 Å². The highest BCUT2D eigenvalue weighted by atomic mass is 35.5. The molecule has 88 valence electrons. The van der Waals surface area contributed by atoms with Gasteiger partial charge in [-0.25, -0.2) is 0 Å². The minimum Gasteiger partial charge on any atom is -0.130 e. The summed E-state index contributed by atoms with van der Waals surface area (Å²) in [6, 6.07) is 11.5. The molecular formula is C13H9Cl3S. The van der Waals surface area contributed by atoms with Crippen LogP contribution in [-0.2, 0) is 0 Å². The van der Waals surface area contributed by atoms with E-state index in [1.165, 1.54) is 0 Å². The van der Waals surface area contributed by atoms with Crippen molar-refractivity contribution in [3.63, 3.8) is 0 Å². The molecule has 0 saturated carbocycles. The molecule has 0 aromatic heterocycles. The van der Waals surface area contributed by atoms with E-state index in [4.69, 9.17) is 34.8 Å². The van der Waals surface area contributed by atoms with Gasteiger partial charge in [0, 0.05) is 15.5 Å². The first kappa shape index (κ1) is 13.1. The Kier molecular flexibility index (Phi) is 4.26. The zero-order valence-corrected chi connectivity index (χ0v) is 12.1. The Bertz CT molecular complexity index is 552. The van der Waals surface area contributed by atoms with Crippen LogP contribution in [0.1, 0.15) is 0 Å². The van der Waals surface area contributed by atoms with Crippen molar-refractivity contribution in [1.82, 2.24) is 0 Å². The molecule has 0 spiro atoms. The van der Waals surface area contributed by atoms with Crippen LogP contribution in [0.2, 0.25) is 15.1 Å². The summed E-state index contributed by atoms with van der Waals surface area (Å²) in [5.74, 6) is 0. The summed E-state index contributed by atoms with van der Waals surface area (Å²) in [5.41, 5.74) is 1.77. The normalized spacial score (nSPS) is 10.6. The van der Waals surface area contributed by atoms with Crippen LogP contribution >= 0.6 is 46.6 Å². The van der Waals surface area contributed by atoms with Gasteiger partial charge in [-0.1, -0.05) is 46.9 Å². The summed E-state index contributed by atoms with van der Waals surface area (Å²) in [4.78, 5) is 1.16. The van der Waals surface area contributed by atoms with E-state index in [2.05, 4.69) is 0 Å². The molecule has 0 aliphatic rings. The van der Waals surface area contributed by atoms with Crippen molar-refractivity contribution in [2.75, 3.05) is 6.26 Å². The molecule has 2 aromatic rings. The number of rotatable bonds is 2. The molecule has 0 aliphatic carbocycles. The SMILES string of the molecule is CSc1cccc(-c2c(Cl)ccc(Cl)c2Cl)c1. The highest BCUT2D eigenvalue weighted by Crippen LogP contribution is 2.39. The van der Waals surface area contributed by atoms with Gasteiger partial charge in [-0.2, -0.15) is 0 Å². The molecule has 2 aromatic carbocycles. The maximum Gasteiger partial charge on any atom is 0.0685 e. The topological polar surface area (TPSA) is 0 Å². The first-order valence-electron chi connectivity index (χ1n) is 4.91. The van der Waals surface area contributed by atoms with Crippen LogP contribution in [0, 0.1) is 0 Å². The minimum atomic E-state index is 0.498. The van der Waals surface area contributed by atoms with Gasteiger partial charge in [0.1, 0.15) is 0 Å². The van der Waals surface area contributed by atoms with Crippen LogP contribution < -0.4 is 0 Å². The molecule has 0 heterocycles. The summed E-state index contributed by atoms with van der Waals surface area (Å²) in [7, 11) is 0. The number of hydrogen-bond donors (Lipinski definition) is 0. The van der Waals surface area contributed by atoms with Crippen LogP contribution in [-0.4, -0.2) is 6.26 Å². The van der Waals surface area contributed by atoms with Gasteiger partial charge < -0.3 is 0 Å². The molecule has 17 heavy (non-hydrogen) atoms. The minimum absolute atomic E-state index is 0.498. The molecule has 0 fully saturated rings. The number of hydrogen-bond acceptors (Lipinski definition) is 1. The van der Waals surface area contributed by atoms with E-state index in [1.807, 2.05) is 30.5 Å². The standard InChI is InChI=1S/C13H9Cl3S/c1-17-9-4-2-3-8(7-9)12-10(14)5-6-11(15)13(12)16/h2-7H,1H3. The molecular weight excluding hydrogens is 295 g/mol. The monoisotopic (exact) mass is 302 g/mol. The molecule has 0 radical (unpaired) electrons. The Morgan fingerprint density at radius 3 is 2.35 bits per heavy atom. The zero-order chi connectivity index (χ0) is 12.4. The molecule has 0 saturated heterocycles. The van der Waals surface area contributed by atoms with Crippen LogP contribution in [0.25, 0.3) is 11.1 Å². The zero-order valence-electron chi connectivity index (χ0n) is 9.01. The second-order valence-electron chi connectivity index (χ2n) is 3.45. The molecule has 0 unspecified atom stereocenters. The lowest BCUT2D eigenvalue weighted by molar-refractivity contribution is 1.46. The fourth-order valence-electron chi connectivity index (χ4n) is 1.57. The third kappa shape index (κ3) is 2.74. The summed E-state index contributed by atoms with van der Waals surface area (Å²) in [6.45, 7) is 0. The van der Waals surface area contributed by atoms with Crippen molar-refractivity contribution >= 4 is 46.6 Å². The Morgan fingerprint density at radius 2 is 1.65 bits per heavy atom. The lowest BCUT2D eigenvalue weighted by Gasteiger charge is -2.09. The highest BCUT2D eigenvalue weighted by molar-refractivity contribution is 7.98. The maximum absolute atomic E-state index is 6.21. The Labute approximate surface area is 120 Å². The van der Waals surface area contributed by atoms with E-state index in [1.54, 1.807) is 23.9 Å². The van der Waals surface area contributed by atoms with Gasteiger partial charge in [0.15, 0.2) is 0 Å². The van der Waals surface area contributed by atoms with E-state index in [0.29, 0.717) is 15.1 Å². The van der Waals surface area contributed by atoms with Gasteiger partial charge in [-0.15, -0.1) is 11.8 Å². The average Bonchev–Trinajstić information content (AvgIpc) is 2.35. The molecule has 4 heteroatoms. The predicted octanol–water partition coefficient (Wildman–Crippen LogP) is 6.04. The summed E-state index contributed by atoms with van der Waals surface area (Å²) < 4.78 is 0. The molecule has 2 rings (SSSR count). The summed E-state index contributed by atoms with van der Waals surface area (Å²) in [5, 5.41) is 1.62. The van der Waals surface area contributed by atoms with Crippen LogP contribution in [0.4, 0.5) is 0 Å². The third-order valence-corrected chi connectivity index (χ3v) is 4.25. The van der Waals surface area contributed by atoms with Gasteiger partial charge in [-0.05, 0) is 36.1 Å². The van der Waals surface area contributed by atoms with E-state index in [9.17, 15) is 0 Å². The first-order chi connectivity index (χ1) is 8.13. The molecule has 0 bridgehead atoms.